The predicted octanol–water partition coefficient (Wildman–Crippen LogP) is 2.93. The number of rotatable bonds is 7. The molecule has 0 radical (unpaired) electrons. The van der Waals surface area contributed by atoms with Gasteiger partial charge in [0.15, 0.2) is 10.8 Å². The van der Waals surface area contributed by atoms with Crippen molar-refractivity contribution in [1.29, 1.82) is 0 Å². The van der Waals surface area contributed by atoms with E-state index in [1.54, 1.807) is 18.2 Å². The zero-order chi connectivity index (χ0) is 19.7. The van der Waals surface area contributed by atoms with Crippen molar-refractivity contribution < 1.29 is 8.42 Å². The predicted molar refractivity (Wildman–Crippen MR) is 109 cm³/mol. The maximum atomic E-state index is 12.7. The molecule has 10 heteroatoms. The number of fused-ring (bicyclic) bond motifs is 2. The van der Waals surface area contributed by atoms with E-state index in [-0.39, 0.29) is 4.90 Å². The van der Waals surface area contributed by atoms with Crippen LogP contribution in [0.3, 0.4) is 0 Å². The van der Waals surface area contributed by atoms with Crippen LogP contribution >= 0.6 is 11.8 Å². The molecule has 4 aromatic rings. The van der Waals surface area contributed by atoms with Gasteiger partial charge in [0, 0.05) is 19.3 Å². The molecular formula is C18H20N6O2S2. The lowest BCUT2D eigenvalue weighted by Crippen LogP contribution is -2.30. The van der Waals surface area contributed by atoms with Gasteiger partial charge in [0.1, 0.15) is 5.82 Å². The molecule has 1 N–H and O–H groups in total. The minimum Gasteiger partial charge on any atom is -0.341 e. The lowest BCUT2D eigenvalue weighted by molar-refractivity contribution is 0.445. The molecule has 0 atom stereocenters. The first-order valence-corrected chi connectivity index (χ1v) is 11.4. The number of pyridine rings is 1. The summed E-state index contributed by atoms with van der Waals surface area (Å²) in [5.74, 6) is 1.33. The number of nitrogens with zero attached hydrogens (tertiary/aromatic N) is 5. The Morgan fingerprint density at radius 1 is 1.14 bits per heavy atom. The zero-order valence-electron chi connectivity index (χ0n) is 15.5. The van der Waals surface area contributed by atoms with E-state index in [9.17, 15) is 8.42 Å². The van der Waals surface area contributed by atoms with Crippen molar-refractivity contribution in [3.05, 3.63) is 48.4 Å². The highest BCUT2D eigenvalue weighted by atomic mass is 32.2. The molecule has 0 unspecified atom stereocenters. The van der Waals surface area contributed by atoms with Crippen LogP contribution < -0.4 is 0 Å². The van der Waals surface area contributed by atoms with Crippen molar-refractivity contribution in [3.63, 3.8) is 0 Å². The molecule has 1 aromatic carbocycles. The fourth-order valence-corrected chi connectivity index (χ4v) is 5.31. The number of H-pyrrole nitrogens is 1. The van der Waals surface area contributed by atoms with Crippen LogP contribution in [0, 0.1) is 0 Å². The number of imidazole rings is 1. The summed E-state index contributed by atoms with van der Waals surface area (Å²) < 4.78 is 28.8. The van der Waals surface area contributed by atoms with E-state index in [0.29, 0.717) is 24.4 Å². The highest BCUT2D eigenvalue weighted by Crippen LogP contribution is 2.24. The fraction of sp³-hybridized carbons (Fsp3) is 0.278. The van der Waals surface area contributed by atoms with Crippen LogP contribution in [0.1, 0.15) is 19.7 Å². The van der Waals surface area contributed by atoms with Gasteiger partial charge in [-0.05, 0) is 30.3 Å². The van der Waals surface area contributed by atoms with Gasteiger partial charge in [0.2, 0.25) is 10.0 Å². The second-order valence-electron chi connectivity index (χ2n) is 6.15. The van der Waals surface area contributed by atoms with E-state index in [2.05, 4.69) is 20.2 Å². The summed E-state index contributed by atoms with van der Waals surface area (Å²) in [5, 5.41) is 9.11. The number of sulfonamides is 1. The van der Waals surface area contributed by atoms with Crippen molar-refractivity contribution in [2.45, 2.75) is 29.7 Å². The maximum Gasteiger partial charge on any atom is 0.243 e. The molecule has 0 aliphatic rings. The second kappa shape index (κ2) is 7.53. The number of aromatic amines is 1. The average molecular weight is 417 g/mol. The summed E-state index contributed by atoms with van der Waals surface area (Å²) in [6.45, 7) is 4.54. The Labute approximate surface area is 167 Å². The Bertz CT molecular complexity index is 1230. The molecule has 0 fully saturated rings. The van der Waals surface area contributed by atoms with Gasteiger partial charge in [-0.2, -0.15) is 4.31 Å². The molecule has 4 rings (SSSR count). The number of hydrogen-bond acceptors (Lipinski definition) is 6. The van der Waals surface area contributed by atoms with E-state index in [1.807, 2.05) is 42.6 Å². The van der Waals surface area contributed by atoms with Gasteiger partial charge in [-0.1, -0.05) is 31.7 Å². The first kappa shape index (κ1) is 18.9. The van der Waals surface area contributed by atoms with Gasteiger partial charge in [-0.15, -0.1) is 10.2 Å². The lowest BCUT2D eigenvalue weighted by Gasteiger charge is -2.18. The molecule has 0 saturated carbocycles. The third-order valence-electron chi connectivity index (χ3n) is 4.47. The summed E-state index contributed by atoms with van der Waals surface area (Å²) in [6, 6.07) is 10.7. The number of nitrogens with one attached hydrogen (secondary N) is 1. The number of hydrogen-bond donors (Lipinski definition) is 1. The van der Waals surface area contributed by atoms with Crippen LogP contribution in [0.5, 0.6) is 0 Å². The molecular weight excluding hydrogens is 396 g/mol. The Morgan fingerprint density at radius 3 is 2.75 bits per heavy atom. The van der Waals surface area contributed by atoms with Gasteiger partial charge in [-0.3, -0.25) is 4.40 Å². The number of thioether (sulfide) groups is 1. The zero-order valence-corrected chi connectivity index (χ0v) is 17.2. The SMILES string of the molecule is CCN(CC)S(=O)(=O)c1ccc2nc(CSc3nnc4ccccn34)[nH]c2c1. The standard InChI is InChI=1S/C18H20N6O2S2/c1-3-23(4-2)28(25,26)13-8-9-14-15(11-13)20-16(19-14)12-27-18-22-21-17-7-5-6-10-24(17)18/h5-11H,3-4,12H2,1-2H3,(H,19,20). The van der Waals surface area contributed by atoms with Gasteiger partial charge < -0.3 is 4.98 Å². The normalized spacial score (nSPS) is 12.4. The second-order valence-corrected chi connectivity index (χ2v) is 9.03. The molecule has 3 aromatic heterocycles. The van der Waals surface area contributed by atoms with Crippen LogP contribution in [0.15, 0.2) is 52.6 Å². The molecule has 0 aliphatic carbocycles. The van der Waals surface area contributed by atoms with E-state index in [0.717, 1.165) is 22.1 Å². The van der Waals surface area contributed by atoms with Crippen LogP contribution in [-0.2, 0) is 15.8 Å². The molecule has 3 heterocycles. The molecule has 0 aliphatic heterocycles. The lowest BCUT2D eigenvalue weighted by atomic mass is 10.3. The van der Waals surface area contributed by atoms with Crippen molar-refractivity contribution in [2.24, 2.45) is 0 Å². The third kappa shape index (κ3) is 3.38. The van der Waals surface area contributed by atoms with Crippen LogP contribution in [0.4, 0.5) is 0 Å². The Kier molecular flexibility index (Phi) is 5.09. The average Bonchev–Trinajstić information content (AvgIpc) is 3.30. The van der Waals surface area contributed by atoms with Crippen LogP contribution in [0.25, 0.3) is 16.7 Å². The first-order valence-electron chi connectivity index (χ1n) is 8.94. The fourth-order valence-electron chi connectivity index (χ4n) is 3.03. The number of aromatic nitrogens is 5. The topological polar surface area (TPSA) is 96.2 Å². The van der Waals surface area contributed by atoms with Crippen LogP contribution in [-0.4, -0.2) is 50.4 Å². The monoisotopic (exact) mass is 416 g/mol. The van der Waals surface area contributed by atoms with Crippen molar-refractivity contribution in [1.82, 2.24) is 28.9 Å². The molecule has 0 bridgehead atoms. The molecule has 0 saturated heterocycles. The summed E-state index contributed by atoms with van der Waals surface area (Å²) in [5.41, 5.74) is 2.23. The largest absolute Gasteiger partial charge is 0.341 e. The Hall–Kier alpha value is -2.43. The molecule has 8 nitrogen and oxygen atoms in total. The van der Waals surface area contributed by atoms with E-state index < -0.39 is 10.0 Å². The molecule has 0 amide bonds. The molecule has 28 heavy (non-hydrogen) atoms. The van der Waals surface area contributed by atoms with Crippen LogP contribution in [0.2, 0.25) is 0 Å². The Balaban J connectivity index is 1.58. The van der Waals surface area contributed by atoms with E-state index in [4.69, 9.17) is 0 Å². The van der Waals surface area contributed by atoms with Gasteiger partial charge >= 0.3 is 0 Å². The minimum absolute atomic E-state index is 0.273. The van der Waals surface area contributed by atoms with Gasteiger partial charge in [0.05, 0.1) is 21.7 Å². The van der Waals surface area contributed by atoms with Crippen molar-refractivity contribution in [2.75, 3.05) is 13.1 Å². The summed E-state index contributed by atoms with van der Waals surface area (Å²) in [7, 11) is -3.50. The Morgan fingerprint density at radius 2 is 1.96 bits per heavy atom. The third-order valence-corrected chi connectivity index (χ3v) is 7.47. The number of benzene rings is 1. The van der Waals surface area contributed by atoms with E-state index in [1.165, 1.54) is 16.1 Å². The van der Waals surface area contributed by atoms with Gasteiger partial charge in [0.25, 0.3) is 0 Å². The van der Waals surface area contributed by atoms with Crippen molar-refractivity contribution >= 4 is 38.5 Å². The van der Waals surface area contributed by atoms with Gasteiger partial charge in [-0.25, -0.2) is 13.4 Å². The maximum absolute atomic E-state index is 12.7. The van der Waals surface area contributed by atoms with E-state index >= 15 is 0 Å². The first-order chi connectivity index (χ1) is 13.5. The summed E-state index contributed by atoms with van der Waals surface area (Å²) in [4.78, 5) is 8.05. The quantitative estimate of drug-likeness (QED) is 0.465. The minimum atomic E-state index is -3.50. The highest BCUT2D eigenvalue weighted by Gasteiger charge is 2.22. The highest BCUT2D eigenvalue weighted by molar-refractivity contribution is 7.98. The smallest absolute Gasteiger partial charge is 0.243 e. The summed E-state index contributed by atoms with van der Waals surface area (Å²) >= 11 is 1.52. The molecule has 0 spiro atoms. The van der Waals surface area contributed by atoms with Crippen molar-refractivity contribution in [3.8, 4) is 0 Å². The summed E-state index contributed by atoms with van der Waals surface area (Å²) in [6.07, 6.45) is 1.92. The molecule has 146 valence electrons.